The topological polar surface area (TPSA) is 67.8 Å². The van der Waals surface area contributed by atoms with Crippen LogP contribution in [-0.2, 0) is 4.79 Å². The second-order valence-corrected chi connectivity index (χ2v) is 6.86. The summed E-state index contributed by atoms with van der Waals surface area (Å²) in [6.45, 7) is 3.25. The van der Waals surface area contributed by atoms with Gasteiger partial charge in [0.25, 0.3) is 11.8 Å². The van der Waals surface area contributed by atoms with Gasteiger partial charge in [-0.2, -0.15) is 0 Å². The molecule has 7 heteroatoms. The SMILES string of the molecule is Cc1ccccc1OCC(=O)N1CCCC(Oc2nccnc2N(C)C)C1. The number of aromatic nitrogens is 2. The van der Waals surface area contributed by atoms with Gasteiger partial charge in [-0.3, -0.25) is 4.79 Å². The molecule has 0 bridgehead atoms. The second-order valence-electron chi connectivity index (χ2n) is 6.86. The zero-order chi connectivity index (χ0) is 19.2. The van der Waals surface area contributed by atoms with Crippen molar-refractivity contribution < 1.29 is 14.3 Å². The fourth-order valence-corrected chi connectivity index (χ4v) is 3.08. The Morgan fingerprint density at radius 2 is 2.04 bits per heavy atom. The quantitative estimate of drug-likeness (QED) is 0.777. The van der Waals surface area contributed by atoms with Crippen LogP contribution in [0.4, 0.5) is 5.82 Å². The van der Waals surface area contributed by atoms with Crippen molar-refractivity contribution in [3.05, 3.63) is 42.2 Å². The summed E-state index contributed by atoms with van der Waals surface area (Å²) in [5.74, 6) is 1.89. The highest BCUT2D eigenvalue weighted by atomic mass is 16.5. The number of likely N-dealkylation sites (tertiary alicyclic amines) is 1. The number of aryl methyl sites for hydroxylation is 1. The van der Waals surface area contributed by atoms with Gasteiger partial charge in [0.2, 0.25) is 0 Å². The van der Waals surface area contributed by atoms with Gasteiger partial charge in [-0.05, 0) is 31.4 Å². The minimum absolute atomic E-state index is 0.0291. The van der Waals surface area contributed by atoms with E-state index in [9.17, 15) is 4.79 Å². The Bertz CT molecular complexity index is 781. The van der Waals surface area contributed by atoms with Crippen molar-refractivity contribution in [3.8, 4) is 11.6 Å². The van der Waals surface area contributed by atoms with Crippen LogP contribution in [0, 0.1) is 6.92 Å². The van der Waals surface area contributed by atoms with Crippen LogP contribution in [0.25, 0.3) is 0 Å². The molecular formula is C20H26N4O3. The Kier molecular flexibility index (Phi) is 6.11. The molecule has 1 aliphatic heterocycles. The van der Waals surface area contributed by atoms with E-state index in [2.05, 4.69) is 9.97 Å². The normalized spacial score (nSPS) is 16.7. The highest BCUT2D eigenvalue weighted by Gasteiger charge is 2.26. The first kappa shape index (κ1) is 18.9. The molecule has 2 aromatic rings. The van der Waals surface area contributed by atoms with Gasteiger partial charge in [-0.15, -0.1) is 0 Å². The van der Waals surface area contributed by atoms with Gasteiger partial charge < -0.3 is 19.3 Å². The summed E-state index contributed by atoms with van der Waals surface area (Å²) >= 11 is 0. The number of piperidine rings is 1. The maximum atomic E-state index is 12.6. The Hall–Kier alpha value is -2.83. The maximum Gasteiger partial charge on any atom is 0.260 e. The summed E-state index contributed by atoms with van der Waals surface area (Å²) in [5.41, 5.74) is 1.02. The standard InChI is InChI=1S/C20H26N4O3/c1-15-7-4-5-9-17(15)26-14-18(25)24-12-6-8-16(13-24)27-20-19(23(2)3)21-10-11-22-20/h4-5,7,9-11,16H,6,8,12-14H2,1-3H3. The molecule has 3 rings (SSSR count). The van der Waals surface area contributed by atoms with Gasteiger partial charge in [0, 0.05) is 33.0 Å². The second kappa shape index (κ2) is 8.70. The number of rotatable bonds is 6. The van der Waals surface area contributed by atoms with E-state index in [0.717, 1.165) is 30.7 Å². The van der Waals surface area contributed by atoms with Crippen LogP contribution in [-0.4, -0.2) is 60.7 Å². The molecule has 0 spiro atoms. The Morgan fingerprint density at radius 3 is 2.81 bits per heavy atom. The Balaban J connectivity index is 1.58. The van der Waals surface area contributed by atoms with Crippen LogP contribution < -0.4 is 14.4 Å². The van der Waals surface area contributed by atoms with E-state index in [-0.39, 0.29) is 18.6 Å². The molecule has 1 aromatic heterocycles. The summed E-state index contributed by atoms with van der Waals surface area (Å²) in [5, 5.41) is 0. The average molecular weight is 370 g/mol. The number of hydrogen-bond acceptors (Lipinski definition) is 6. The van der Waals surface area contributed by atoms with Gasteiger partial charge in [0.1, 0.15) is 11.9 Å². The smallest absolute Gasteiger partial charge is 0.260 e. The highest BCUT2D eigenvalue weighted by molar-refractivity contribution is 5.78. The largest absolute Gasteiger partial charge is 0.484 e. The monoisotopic (exact) mass is 370 g/mol. The predicted octanol–water partition coefficient (Wildman–Crippen LogP) is 2.30. The van der Waals surface area contributed by atoms with E-state index in [4.69, 9.17) is 9.47 Å². The molecular weight excluding hydrogens is 344 g/mol. The number of carbonyl (C=O) groups excluding carboxylic acids is 1. The third kappa shape index (κ3) is 4.87. The number of nitrogens with zero attached hydrogens (tertiary/aromatic N) is 4. The van der Waals surface area contributed by atoms with Crippen molar-refractivity contribution in [2.45, 2.75) is 25.9 Å². The summed E-state index contributed by atoms with van der Waals surface area (Å²) in [6.07, 6.45) is 4.92. The molecule has 1 fully saturated rings. The number of anilines is 1. The maximum absolute atomic E-state index is 12.6. The molecule has 1 aliphatic rings. The fourth-order valence-electron chi connectivity index (χ4n) is 3.08. The van der Waals surface area contributed by atoms with E-state index in [1.807, 2.05) is 50.2 Å². The zero-order valence-electron chi connectivity index (χ0n) is 16.1. The lowest BCUT2D eigenvalue weighted by molar-refractivity contribution is -0.136. The molecule has 0 radical (unpaired) electrons. The van der Waals surface area contributed by atoms with Crippen molar-refractivity contribution in [2.75, 3.05) is 38.7 Å². The van der Waals surface area contributed by atoms with Gasteiger partial charge in [-0.25, -0.2) is 9.97 Å². The van der Waals surface area contributed by atoms with E-state index in [1.54, 1.807) is 17.3 Å². The van der Waals surface area contributed by atoms with Crippen molar-refractivity contribution in [3.63, 3.8) is 0 Å². The number of ether oxygens (including phenoxy) is 2. The zero-order valence-corrected chi connectivity index (χ0v) is 16.1. The first-order chi connectivity index (χ1) is 13.0. The molecule has 144 valence electrons. The molecule has 1 aromatic carbocycles. The first-order valence-electron chi connectivity index (χ1n) is 9.16. The summed E-state index contributed by atoms with van der Waals surface area (Å²) in [6, 6.07) is 7.70. The minimum Gasteiger partial charge on any atom is -0.484 e. The minimum atomic E-state index is -0.100. The van der Waals surface area contributed by atoms with Crippen LogP contribution in [0.5, 0.6) is 11.6 Å². The van der Waals surface area contributed by atoms with Crippen molar-refractivity contribution in [2.24, 2.45) is 0 Å². The lowest BCUT2D eigenvalue weighted by Gasteiger charge is -2.33. The molecule has 0 N–H and O–H groups in total. The number of hydrogen-bond donors (Lipinski definition) is 0. The summed E-state index contributed by atoms with van der Waals surface area (Å²) in [4.78, 5) is 24.8. The van der Waals surface area contributed by atoms with Crippen LogP contribution in [0.2, 0.25) is 0 Å². The predicted molar refractivity (Wildman–Crippen MR) is 103 cm³/mol. The highest BCUT2D eigenvalue weighted by Crippen LogP contribution is 2.24. The lowest BCUT2D eigenvalue weighted by Crippen LogP contribution is -2.46. The fraction of sp³-hybridized carbons (Fsp3) is 0.450. The third-order valence-corrected chi connectivity index (χ3v) is 4.52. The first-order valence-corrected chi connectivity index (χ1v) is 9.16. The van der Waals surface area contributed by atoms with E-state index in [0.29, 0.717) is 18.2 Å². The van der Waals surface area contributed by atoms with Crippen LogP contribution in [0.1, 0.15) is 18.4 Å². The molecule has 7 nitrogen and oxygen atoms in total. The lowest BCUT2D eigenvalue weighted by atomic mass is 10.1. The molecule has 1 saturated heterocycles. The summed E-state index contributed by atoms with van der Waals surface area (Å²) < 4.78 is 11.8. The number of para-hydroxylation sites is 1. The van der Waals surface area contributed by atoms with Crippen molar-refractivity contribution in [1.29, 1.82) is 0 Å². The molecule has 0 aliphatic carbocycles. The van der Waals surface area contributed by atoms with E-state index in [1.165, 1.54) is 0 Å². The molecule has 1 amide bonds. The molecule has 2 heterocycles. The van der Waals surface area contributed by atoms with E-state index >= 15 is 0 Å². The van der Waals surface area contributed by atoms with Crippen LogP contribution >= 0.6 is 0 Å². The number of carbonyl (C=O) groups is 1. The third-order valence-electron chi connectivity index (χ3n) is 4.52. The number of amides is 1. The molecule has 1 atom stereocenters. The van der Waals surface area contributed by atoms with Gasteiger partial charge in [-0.1, -0.05) is 18.2 Å². The summed E-state index contributed by atoms with van der Waals surface area (Å²) in [7, 11) is 3.80. The van der Waals surface area contributed by atoms with Gasteiger partial charge in [0.05, 0.1) is 6.54 Å². The van der Waals surface area contributed by atoms with Crippen LogP contribution in [0.15, 0.2) is 36.7 Å². The van der Waals surface area contributed by atoms with E-state index < -0.39 is 0 Å². The van der Waals surface area contributed by atoms with Gasteiger partial charge in [0.15, 0.2) is 12.4 Å². The number of benzene rings is 1. The van der Waals surface area contributed by atoms with Crippen molar-refractivity contribution in [1.82, 2.24) is 14.9 Å². The Labute approximate surface area is 159 Å². The Morgan fingerprint density at radius 1 is 1.26 bits per heavy atom. The van der Waals surface area contributed by atoms with Crippen LogP contribution in [0.3, 0.4) is 0 Å². The average Bonchev–Trinajstić information content (AvgIpc) is 2.67. The molecule has 0 saturated carbocycles. The van der Waals surface area contributed by atoms with Crippen molar-refractivity contribution >= 4 is 11.7 Å². The molecule has 27 heavy (non-hydrogen) atoms. The van der Waals surface area contributed by atoms with Gasteiger partial charge >= 0.3 is 0 Å². The molecule has 1 unspecified atom stereocenters.